The molecule has 0 saturated carbocycles. The smallest absolute Gasteiger partial charge is 0.264 e. The van der Waals surface area contributed by atoms with Gasteiger partial charge >= 0.3 is 0 Å². The highest BCUT2D eigenvalue weighted by molar-refractivity contribution is 7.92. The van der Waals surface area contributed by atoms with Crippen molar-refractivity contribution in [2.24, 2.45) is 0 Å². The van der Waals surface area contributed by atoms with Crippen LogP contribution in [0.2, 0.25) is 10.0 Å². The van der Waals surface area contributed by atoms with E-state index in [1.165, 1.54) is 58.7 Å². The van der Waals surface area contributed by atoms with E-state index < -0.39 is 10.0 Å². The molecule has 0 spiro atoms. The Labute approximate surface area is 156 Å². The lowest BCUT2D eigenvalue weighted by Crippen LogP contribution is -2.27. The highest BCUT2D eigenvalue weighted by atomic mass is 35.5. The van der Waals surface area contributed by atoms with Crippen LogP contribution in [0.5, 0.6) is 17.2 Å². The quantitative estimate of drug-likeness (QED) is 0.729. The van der Waals surface area contributed by atoms with Gasteiger partial charge in [-0.1, -0.05) is 23.2 Å². The van der Waals surface area contributed by atoms with Gasteiger partial charge in [0.25, 0.3) is 10.0 Å². The topological polar surface area (TPSA) is 65.1 Å². The third kappa shape index (κ3) is 3.73. The molecule has 0 heterocycles. The molecule has 0 aliphatic carbocycles. The van der Waals surface area contributed by atoms with Crippen LogP contribution in [0.1, 0.15) is 0 Å². The van der Waals surface area contributed by atoms with Crippen molar-refractivity contribution in [3.05, 3.63) is 40.4 Å². The van der Waals surface area contributed by atoms with Crippen LogP contribution in [0, 0.1) is 0 Å². The van der Waals surface area contributed by atoms with E-state index in [0.29, 0.717) is 16.5 Å². The summed E-state index contributed by atoms with van der Waals surface area (Å²) < 4.78 is 42.4. The number of hydrogen-bond acceptors (Lipinski definition) is 5. The SMILES string of the molecule is COc1ccc(S(=O)(=O)N(C)c2cc(OC)c(Cl)cc2OC)cc1Cl. The van der Waals surface area contributed by atoms with Gasteiger partial charge in [-0.3, -0.25) is 4.31 Å². The second-order valence-corrected chi connectivity index (χ2v) is 7.71. The summed E-state index contributed by atoms with van der Waals surface area (Å²) in [6, 6.07) is 7.21. The molecule has 0 aliphatic rings. The summed E-state index contributed by atoms with van der Waals surface area (Å²) in [5.41, 5.74) is 0.274. The summed E-state index contributed by atoms with van der Waals surface area (Å²) in [7, 11) is 1.82. The minimum Gasteiger partial charge on any atom is -0.495 e. The van der Waals surface area contributed by atoms with Crippen LogP contribution >= 0.6 is 23.2 Å². The molecular weight excluding hydrogens is 389 g/mol. The summed E-state index contributed by atoms with van der Waals surface area (Å²) in [4.78, 5) is 0.0109. The van der Waals surface area contributed by atoms with Crippen LogP contribution in [0.4, 0.5) is 5.69 Å². The Morgan fingerprint density at radius 2 is 1.40 bits per heavy atom. The molecular formula is C16H17Cl2NO5S. The van der Waals surface area contributed by atoms with E-state index in [1.54, 1.807) is 0 Å². The minimum atomic E-state index is -3.90. The van der Waals surface area contributed by atoms with E-state index in [4.69, 9.17) is 37.4 Å². The maximum atomic E-state index is 12.9. The lowest BCUT2D eigenvalue weighted by Gasteiger charge is -2.23. The van der Waals surface area contributed by atoms with Crippen LogP contribution in [-0.4, -0.2) is 36.8 Å². The fraction of sp³-hybridized carbons (Fsp3) is 0.250. The van der Waals surface area contributed by atoms with Crippen molar-refractivity contribution < 1.29 is 22.6 Å². The molecule has 0 aromatic heterocycles. The van der Waals surface area contributed by atoms with E-state index in [9.17, 15) is 8.42 Å². The lowest BCUT2D eigenvalue weighted by molar-refractivity contribution is 0.404. The van der Waals surface area contributed by atoms with E-state index in [1.807, 2.05) is 0 Å². The van der Waals surface area contributed by atoms with Crippen molar-refractivity contribution in [2.45, 2.75) is 4.90 Å². The molecule has 25 heavy (non-hydrogen) atoms. The fourth-order valence-electron chi connectivity index (χ4n) is 2.19. The number of nitrogens with zero attached hydrogens (tertiary/aromatic N) is 1. The summed E-state index contributed by atoms with van der Waals surface area (Å²) in [6.45, 7) is 0. The molecule has 0 fully saturated rings. The lowest BCUT2D eigenvalue weighted by atomic mass is 10.2. The molecule has 2 aromatic rings. The van der Waals surface area contributed by atoms with Gasteiger partial charge in [0.05, 0.1) is 42.0 Å². The van der Waals surface area contributed by atoms with Crippen molar-refractivity contribution in [1.82, 2.24) is 0 Å². The first kappa shape index (κ1) is 19.5. The summed E-state index contributed by atoms with van der Waals surface area (Å²) in [5.74, 6) is 0.998. The standard InChI is InChI=1S/C16H17Cl2NO5S/c1-19(13-9-15(23-3)12(18)8-16(13)24-4)25(20,21)10-5-6-14(22-2)11(17)7-10/h5-9H,1-4H3. The monoisotopic (exact) mass is 405 g/mol. The van der Waals surface area contributed by atoms with Gasteiger partial charge in [-0.15, -0.1) is 0 Å². The summed E-state index contributed by atoms with van der Waals surface area (Å²) in [6.07, 6.45) is 0. The van der Waals surface area contributed by atoms with Gasteiger partial charge in [0, 0.05) is 19.2 Å². The second-order valence-electron chi connectivity index (χ2n) is 4.93. The van der Waals surface area contributed by atoms with Crippen LogP contribution in [0.3, 0.4) is 0 Å². The number of benzene rings is 2. The molecule has 0 aliphatic heterocycles. The first-order valence-corrected chi connectivity index (χ1v) is 9.19. The van der Waals surface area contributed by atoms with Crippen molar-refractivity contribution in [2.75, 3.05) is 32.7 Å². The number of sulfonamides is 1. The first-order valence-electron chi connectivity index (χ1n) is 7.00. The second kappa shape index (κ2) is 7.59. The molecule has 0 amide bonds. The molecule has 2 rings (SSSR count). The Balaban J connectivity index is 2.55. The molecule has 0 saturated heterocycles. The van der Waals surface area contributed by atoms with Crippen LogP contribution in [0.15, 0.2) is 35.2 Å². The number of methoxy groups -OCH3 is 3. The van der Waals surface area contributed by atoms with E-state index >= 15 is 0 Å². The van der Waals surface area contributed by atoms with Crippen molar-refractivity contribution in [1.29, 1.82) is 0 Å². The largest absolute Gasteiger partial charge is 0.495 e. The van der Waals surface area contributed by atoms with Crippen LogP contribution in [-0.2, 0) is 10.0 Å². The molecule has 6 nitrogen and oxygen atoms in total. The van der Waals surface area contributed by atoms with Crippen molar-refractivity contribution in [3.63, 3.8) is 0 Å². The summed E-state index contributed by atoms with van der Waals surface area (Å²) >= 11 is 12.1. The molecule has 0 radical (unpaired) electrons. The Kier molecular flexibility index (Phi) is 5.92. The van der Waals surface area contributed by atoms with Crippen molar-refractivity contribution in [3.8, 4) is 17.2 Å². The average Bonchev–Trinajstić information content (AvgIpc) is 2.60. The zero-order valence-corrected chi connectivity index (χ0v) is 16.4. The molecule has 9 heteroatoms. The molecule has 0 N–H and O–H groups in total. The Morgan fingerprint density at radius 3 is 1.92 bits per heavy atom. The summed E-state index contributed by atoms with van der Waals surface area (Å²) in [5, 5.41) is 0.499. The zero-order chi connectivity index (χ0) is 18.8. The van der Waals surface area contributed by atoms with Crippen LogP contribution in [0.25, 0.3) is 0 Å². The number of ether oxygens (including phenoxy) is 3. The fourth-order valence-corrected chi connectivity index (χ4v) is 3.96. The highest BCUT2D eigenvalue weighted by Crippen LogP contribution is 2.39. The predicted molar refractivity (Wildman–Crippen MR) is 98.1 cm³/mol. The molecule has 0 unspecified atom stereocenters. The zero-order valence-electron chi connectivity index (χ0n) is 14.0. The first-order chi connectivity index (χ1) is 11.8. The Morgan fingerprint density at radius 1 is 0.840 bits per heavy atom. The third-order valence-corrected chi connectivity index (χ3v) is 5.93. The molecule has 136 valence electrons. The van der Waals surface area contributed by atoms with Crippen molar-refractivity contribution >= 4 is 38.9 Å². The van der Waals surface area contributed by atoms with Gasteiger partial charge in [-0.2, -0.15) is 0 Å². The van der Waals surface area contributed by atoms with E-state index in [-0.39, 0.29) is 21.4 Å². The van der Waals surface area contributed by atoms with Gasteiger partial charge in [0.15, 0.2) is 0 Å². The number of anilines is 1. The van der Waals surface area contributed by atoms with Gasteiger partial charge in [0.2, 0.25) is 0 Å². The Bertz CT molecular complexity index is 886. The van der Waals surface area contributed by atoms with Crippen LogP contribution < -0.4 is 18.5 Å². The highest BCUT2D eigenvalue weighted by Gasteiger charge is 2.26. The molecule has 0 bridgehead atoms. The maximum Gasteiger partial charge on any atom is 0.264 e. The van der Waals surface area contributed by atoms with E-state index in [0.717, 1.165) is 4.31 Å². The molecule has 0 atom stereocenters. The molecule has 2 aromatic carbocycles. The normalized spacial score (nSPS) is 11.1. The van der Waals surface area contributed by atoms with Gasteiger partial charge < -0.3 is 14.2 Å². The van der Waals surface area contributed by atoms with Gasteiger partial charge in [-0.25, -0.2) is 8.42 Å². The maximum absolute atomic E-state index is 12.9. The Hall–Kier alpha value is -1.83. The number of hydrogen-bond donors (Lipinski definition) is 0. The average molecular weight is 406 g/mol. The third-order valence-electron chi connectivity index (χ3n) is 3.57. The number of rotatable bonds is 6. The van der Waals surface area contributed by atoms with Gasteiger partial charge in [0.1, 0.15) is 17.2 Å². The predicted octanol–water partition coefficient (Wildman–Crippen LogP) is 3.84. The minimum absolute atomic E-state index is 0.0109. The van der Waals surface area contributed by atoms with Gasteiger partial charge in [-0.05, 0) is 18.2 Å². The van der Waals surface area contributed by atoms with E-state index in [2.05, 4.69) is 0 Å². The number of halogens is 2.